The second-order valence-corrected chi connectivity index (χ2v) is 10.2. The topological polar surface area (TPSA) is 100 Å². The van der Waals surface area contributed by atoms with Gasteiger partial charge in [0.15, 0.2) is 5.65 Å². The Labute approximate surface area is 212 Å². The minimum Gasteiger partial charge on any atom is -0.444 e. The first kappa shape index (κ1) is 26.2. The zero-order valence-corrected chi connectivity index (χ0v) is 21.2. The molecule has 3 aromatic heterocycles. The molecule has 196 valence electrons. The molecule has 0 radical (unpaired) electrons. The minimum absolute atomic E-state index is 0.00307. The van der Waals surface area contributed by atoms with E-state index >= 15 is 0 Å². The zero-order chi connectivity index (χ0) is 27.1. The van der Waals surface area contributed by atoms with Gasteiger partial charge in [-0.05, 0) is 52.3 Å². The molecule has 3 aromatic rings. The lowest BCUT2D eigenvalue weighted by Gasteiger charge is -2.44. The van der Waals surface area contributed by atoms with Crippen molar-refractivity contribution in [2.24, 2.45) is 0 Å². The van der Waals surface area contributed by atoms with Gasteiger partial charge in [-0.1, -0.05) is 0 Å². The fraction of sp³-hybridized carbons (Fsp3) is 0.480. The molecule has 0 aromatic carbocycles. The Hall–Kier alpha value is -3.88. The van der Waals surface area contributed by atoms with Gasteiger partial charge in [0.2, 0.25) is 0 Å². The maximum atomic E-state index is 13.6. The standard InChI is InChI=1S/C25H28F3N7O2/c1-15-12-34(23(36)37-24(3,4)5)16(2)11-33(15)21-20-18(9-25(26,27)28)13-35(22(20)32-14-31-21)19-8-17(10-29)6-7-30-19/h6-8,13-16H,9,11-12H2,1-5H3/t15-,16+/m0/s1. The SMILES string of the molecule is C[C@@H]1CN(c2ncnc3c2c(CC(F)(F)F)cn3-c2cc(C#N)ccn2)[C@@H](C)CN1C(=O)OC(C)(C)C. The lowest BCUT2D eigenvalue weighted by molar-refractivity contribution is -0.127. The van der Waals surface area contributed by atoms with Gasteiger partial charge in [0.25, 0.3) is 0 Å². The predicted octanol–water partition coefficient (Wildman–Crippen LogP) is 4.63. The van der Waals surface area contributed by atoms with Crippen LogP contribution in [0.15, 0.2) is 30.9 Å². The van der Waals surface area contributed by atoms with Crippen LogP contribution in [0.25, 0.3) is 16.9 Å². The average molecular weight is 516 g/mol. The molecule has 0 unspecified atom stereocenters. The van der Waals surface area contributed by atoms with Gasteiger partial charge < -0.3 is 14.5 Å². The van der Waals surface area contributed by atoms with Gasteiger partial charge in [-0.2, -0.15) is 18.4 Å². The summed E-state index contributed by atoms with van der Waals surface area (Å²) in [5, 5.41) is 9.52. The van der Waals surface area contributed by atoms with Gasteiger partial charge in [-0.3, -0.25) is 4.57 Å². The monoisotopic (exact) mass is 515 g/mol. The Morgan fingerprint density at radius 2 is 1.89 bits per heavy atom. The number of alkyl halides is 3. The van der Waals surface area contributed by atoms with Gasteiger partial charge in [-0.15, -0.1) is 0 Å². The normalized spacial score (nSPS) is 18.7. The zero-order valence-electron chi connectivity index (χ0n) is 21.2. The highest BCUT2D eigenvalue weighted by molar-refractivity contribution is 5.92. The number of nitrogens with zero attached hydrogens (tertiary/aromatic N) is 7. The summed E-state index contributed by atoms with van der Waals surface area (Å²) >= 11 is 0. The first-order valence-corrected chi connectivity index (χ1v) is 11.8. The van der Waals surface area contributed by atoms with E-state index in [-0.39, 0.29) is 34.5 Å². The Morgan fingerprint density at radius 1 is 1.16 bits per heavy atom. The third-order valence-electron chi connectivity index (χ3n) is 6.04. The Bertz CT molecular complexity index is 1360. The Morgan fingerprint density at radius 3 is 2.54 bits per heavy atom. The predicted molar refractivity (Wildman–Crippen MR) is 130 cm³/mol. The third-order valence-corrected chi connectivity index (χ3v) is 6.04. The lowest BCUT2D eigenvalue weighted by Crippen LogP contribution is -2.59. The molecule has 0 bridgehead atoms. The Kier molecular flexibility index (Phi) is 6.75. The molecule has 9 nitrogen and oxygen atoms in total. The van der Waals surface area contributed by atoms with Crippen molar-refractivity contribution in [1.29, 1.82) is 5.26 Å². The number of aromatic nitrogens is 4. The molecule has 1 aliphatic heterocycles. The van der Waals surface area contributed by atoms with Crippen LogP contribution in [0.3, 0.4) is 0 Å². The summed E-state index contributed by atoms with van der Waals surface area (Å²) in [4.78, 5) is 29.2. The molecule has 37 heavy (non-hydrogen) atoms. The van der Waals surface area contributed by atoms with Gasteiger partial charge in [0.05, 0.1) is 23.4 Å². The molecule has 12 heteroatoms. The molecular formula is C25H28F3N7O2. The maximum Gasteiger partial charge on any atom is 0.410 e. The highest BCUT2D eigenvalue weighted by Crippen LogP contribution is 2.36. The smallest absolute Gasteiger partial charge is 0.410 e. The number of hydrogen-bond acceptors (Lipinski definition) is 7. The minimum atomic E-state index is -4.47. The fourth-order valence-corrected chi connectivity index (χ4v) is 4.48. The molecule has 1 saturated heterocycles. The van der Waals surface area contributed by atoms with Crippen molar-refractivity contribution < 1.29 is 22.7 Å². The van der Waals surface area contributed by atoms with E-state index < -0.39 is 24.3 Å². The first-order valence-electron chi connectivity index (χ1n) is 11.8. The van der Waals surface area contributed by atoms with Gasteiger partial charge in [0.1, 0.15) is 23.6 Å². The number of carbonyl (C=O) groups is 1. The summed E-state index contributed by atoms with van der Waals surface area (Å²) in [6.07, 6.45) is -2.02. The lowest BCUT2D eigenvalue weighted by atomic mass is 10.1. The molecule has 1 amide bonds. The van der Waals surface area contributed by atoms with Crippen LogP contribution in [0.2, 0.25) is 0 Å². The van der Waals surface area contributed by atoms with Crippen LogP contribution in [0, 0.1) is 11.3 Å². The second kappa shape index (κ2) is 9.53. The van der Waals surface area contributed by atoms with Crippen molar-refractivity contribution in [2.75, 3.05) is 18.0 Å². The number of carbonyl (C=O) groups excluding carboxylic acids is 1. The molecule has 0 saturated carbocycles. The van der Waals surface area contributed by atoms with E-state index in [4.69, 9.17) is 4.74 Å². The average Bonchev–Trinajstić information content (AvgIpc) is 3.16. The number of nitriles is 1. The van der Waals surface area contributed by atoms with Crippen molar-refractivity contribution in [1.82, 2.24) is 24.4 Å². The van der Waals surface area contributed by atoms with Gasteiger partial charge in [-0.25, -0.2) is 19.7 Å². The van der Waals surface area contributed by atoms with E-state index in [1.54, 1.807) is 25.7 Å². The van der Waals surface area contributed by atoms with Crippen molar-refractivity contribution in [3.8, 4) is 11.9 Å². The fourth-order valence-electron chi connectivity index (χ4n) is 4.48. The number of fused-ring (bicyclic) bond motifs is 1. The van der Waals surface area contributed by atoms with E-state index in [0.717, 1.165) is 0 Å². The van der Waals surface area contributed by atoms with E-state index in [9.17, 15) is 23.2 Å². The van der Waals surface area contributed by atoms with Crippen molar-refractivity contribution in [3.63, 3.8) is 0 Å². The third kappa shape index (κ3) is 5.60. The van der Waals surface area contributed by atoms with Gasteiger partial charge >= 0.3 is 12.3 Å². The molecule has 0 N–H and O–H groups in total. The van der Waals surface area contributed by atoms with Crippen LogP contribution in [0.1, 0.15) is 45.7 Å². The molecule has 1 aliphatic rings. The summed E-state index contributed by atoms with van der Waals surface area (Å²) in [5.41, 5.74) is -0.0837. The summed E-state index contributed by atoms with van der Waals surface area (Å²) in [6, 6.07) is 4.48. The number of amides is 1. The quantitative estimate of drug-likeness (QED) is 0.502. The number of hydrogen-bond donors (Lipinski definition) is 0. The summed E-state index contributed by atoms with van der Waals surface area (Å²) in [5.74, 6) is 0.626. The maximum absolute atomic E-state index is 13.6. The van der Waals surface area contributed by atoms with E-state index in [2.05, 4.69) is 15.0 Å². The molecule has 0 spiro atoms. The van der Waals surface area contributed by atoms with Gasteiger partial charge in [0, 0.05) is 37.6 Å². The van der Waals surface area contributed by atoms with Crippen molar-refractivity contribution in [2.45, 2.75) is 64.9 Å². The number of halogens is 3. The molecule has 1 fully saturated rings. The van der Waals surface area contributed by atoms with Crippen LogP contribution in [-0.2, 0) is 11.2 Å². The molecule has 0 aliphatic carbocycles. The number of pyridine rings is 1. The summed E-state index contributed by atoms with van der Waals surface area (Å²) in [7, 11) is 0. The Balaban J connectivity index is 1.78. The van der Waals surface area contributed by atoms with Crippen LogP contribution in [0.4, 0.5) is 23.8 Å². The van der Waals surface area contributed by atoms with E-state index in [1.807, 2.05) is 24.8 Å². The largest absolute Gasteiger partial charge is 0.444 e. The van der Waals surface area contributed by atoms with Crippen LogP contribution in [0.5, 0.6) is 0 Å². The van der Waals surface area contributed by atoms with E-state index in [1.165, 1.54) is 35.4 Å². The summed E-state index contributed by atoms with van der Waals surface area (Å²) < 4.78 is 47.8. The summed E-state index contributed by atoms with van der Waals surface area (Å²) in [6.45, 7) is 9.77. The van der Waals surface area contributed by atoms with E-state index in [0.29, 0.717) is 24.5 Å². The highest BCUT2D eigenvalue weighted by atomic mass is 19.4. The van der Waals surface area contributed by atoms with Crippen molar-refractivity contribution >= 4 is 22.9 Å². The van der Waals surface area contributed by atoms with Crippen LogP contribution < -0.4 is 4.90 Å². The number of anilines is 1. The molecule has 4 rings (SSSR count). The number of rotatable bonds is 3. The molecule has 4 heterocycles. The van der Waals surface area contributed by atoms with Crippen molar-refractivity contribution in [3.05, 3.63) is 42.0 Å². The number of ether oxygens (including phenoxy) is 1. The highest BCUT2D eigenvalue weighted by Gasteiger charge is 2.37. The van der Waals surface area contributed by atoms with Crippen LogP contribution >= 0.6 is 0 Å². The van der Waals surface area contributed by atoms with Crippen LogP contribution in [-0.4, -0.2) is 67.5 Å². The molecule has 2 atom stereocenters. The number of piperazine rings is 1. The second-order valence-electron chi connectivity index (χ2n) is 10.2. The molecular weight excluding hydrogens is 487 g/mol. The first-order chi connectivity index (χ1) is 17.3.